The van der Waals surface area contributed by atoms with Gasteiger partial charge in [0.1, 0.15) is 11.3 Å². The standard InChI is InChI=1S/C28H31F2N5O/c29-25(30)24-13-23(21-4-2-1-3-5-21)32-26-22(17-31-35(24)26)27(36)33-6-8-34(9-7-33)28-14-18-10-19(15-28)12-20(11-18)16-28/h1-5,13,17-20,25H,6-12,14-16H2. The molecule has 1 aliphatic heterocycles. The van der Waals surface area contributed by atoms with E-state index in [1.807, 2.05) is 35.2 Å². The highest BCUT2D eigenvalue weighted by Gasteiger charge is 2.53. The zero-order valence-electron chi connectivity index (χ0n) is 20.3. The maximum atomic E-state index is 13.9. The van der Waals surface area contributed by atoms with E-state index >= 15 is 0 Å². The van der Waals surface area contributed by atoms with Crippen LogP contribution in [-0.4, -0.2) is 62.0 Å². The summed E-state index contributed by atoms with van der Waals surface area (Å²) >= 11 is 0. The molecule has 2 aromatic heterocycles. The second-order valence-electron chi connectivity index (χ2n) is 11.4. The molecule has 4 saturated carbocycles. The van der Waals surface area contributed by atoms with Crippen LogP contribution in [-0.2, 0) is 0 Å². The number of carbonyl (C=O) groups is 1. The first-order chi connectivity index (χ1) is 17.5. The summed E-state index contributed by atoms with van der Waals surface area (Å²) in [6, 6.07) is 10.6. The molecule has 5 aliphatic rings. The molecular formula is C28H31F2N5O. The molecule has 0 spiro atoms. The van der Waals surface area contributed by atoms with Gasteiger partial charge in [0.25, 0.3) is 12.3 Å². The number of halogens is 2. The number of hydrogen-bond acceptors (Lipinski definition) is 4. The van der Waals surface area contributed by atoms with Gasteiger partial charge in [-0.25, -0.2) is 18.3 Å². The first kappa shape index (κ1) is 22.3. The minimum Gasteiger partial charge on any atom is -0.336 e. The van der Waals surface area contributed by atoms with Crippen LogP contribution in [0.2, 0.25) is 0 Å². The molecule has 188 valence electrons. The van der Waals surface area contributed by atoms with Crippen molar-refractivity contribution in [1.29, 1.82) is 0 Å². The van der Waals surface area contributed by atoms with E-state index < -0.39 is 6.43 Å². The molecule has 8 rings (SSSR count). The Hall–Kier alpha value is -2.87. The highest BCUT2D eigenvalue weighted by Crippen LogP contribution is 2.57. The fourth-order valence-electron chi connectivity index (χ4n) is 8.06. The summed E-state index contributed by atoms with van der Waals surface area (Å²) in [6.07, 6.45) is 6.90. The van der Waals surface area contributed by atoms with Crippen LogP contribution in [0.1, 0.15) is 61.0 Å². The minimum absolute atomic E-state index is 0.173. The normalized spacial score (nSPS) is 30.0. The lowest BCUT2D eigenvalue weighted by molar-refractivity contribution is -0.0987. The lowest BCUT2D eigenvalue weighted by Gasteiger charge is -2.61. The molecule has 3 heterocycles. The maximum Gasteiger partial charge on any atom is 0.280 e. The van der Waals surface area contributed by atoms with Gasteiger partial charge < -0.3 is 4.90 Å². The fraction of sp³-hybridized carbons (Fsp3) is 0.536. The summed E-state index contributed by atoms with van der Waals surface area (Å²) in [7, 11) is 0. The van der Waals surface area contributed by atoms with Gasteiger partial charge in [0.2, 0.25) is 0 Å². The number of fused-ring (bicyclic) bond motifs is 1. The second kappa shape index (κ2) is 8.33. The monoisotopic (exact) mass is 491 g/mol. The number of hydrogen-bond donors (Lipinski definition) is 0. The van der Waals surface area contributed by atoms with Gasteiger partial charge in [-0.2, -0.15) is 5.10 Å². The zero-order valence-corrected chi connectivity index (χ0v) is 20.3. The highest BCUT2D eigenvalue weighted by molar-refractivity contribution is 6.00. The van der Waals surface area contributed by atoms with Crippen LogP contribution in [0.15, 0.2) is 42.6 Å². The molecule has 1 amide bonds. The van der Waals surface area contributed by atoms with Crippen molar-refractivity contribution in [3.05, 3.63) is 53.9 Å². The summed E-state index contributed by atoms with van der Waals surface area (Å²) in [4.78, 5) is 22.7. The Kier molecular flexibility index (Phi) is 5.17. The third kappa shape index (κ3) is 3.56. The number of rotatable bonds is 4. The van der Waals surface area contributed by atoms with Gasteiger partial charge in [0.05, 0.1) is 11.9 Å². The molecule has 36 heavy (non-hydrogen) atoms. The number of amides is 1. The van der Waals surface area contributed by atoms with Crippen LogP contribution in [0.3, 0.4) is 0 Å². The molecule has 6 nitrogen and oxygen atoms in total. The third-order valence-corrected chi connectivity index (χ3v) is 9.27. The summed E-state index contributed by atoms with van der Waals surface area (Å²) in [5, 5.41) is 4.15. The summed E-state index contributed by atoms with van der Waals surface area (Å²) < 4.78 is 29.0. The van der Waals surface area contributed by atoms with Crippen LogP contribution in [0.4, 0.5) is 8.78 Å². The number of benzene rings is 1. The van der Waals surface area contributed by atoms with E-state index in [-0.39, 0.29) is 22.8 Å². The topological polar surface area (TPSA) is 53.7 Å². The molecule has 5 fully saturated rings. The Balaban J connectivity index is 1.14. The van der Waals surface area contributed by atoms with Crippen molar-refractivity contribution in [2.45, 2.75) is 50.5 Å². The number of piperazine rings is 1. The van der Waals surface area contributed by atoms with E-state index in [1.54, 1.807) is 0 Å². The van der Waals surface area contributed by atoms with Crippen LogP contribution in [0.25, 0.3) is 16.9 Å². The Morgan fingerprint density at radius 3 is 2.19 bits per heavy atom. The molecule has 0 atom stereocenters. The lowest BCUT2D eigenvalue weighted by atomic mass is 9.52. The van der Waals surface area contributed by atoms with Gasteiger partial charge in [0, 0.05) is 37.3 Å². The van der Waals surface area contributed by atoms with Crippen LogP contribution >= 0.6 is 0 Å². The average molecular weight is 492 g/mol. The zero-order chi connectivity index (χ0) is 24.4. The van der Waals surface area contributed by atoms with Gasteiger partial charge in [-0.1, -0.05) is 30.3 Å². The van der Waals surface area contributed by atoms with Gasteiger partial charge in [0.15, 0.2) is 5.65 Å². The van der Waals surface area contributed by atoms with Crippen molar-refractivity contribution < 1.29 is 13.6 Å². The molecule has 1 saturated heterocycles. The van der Waals surface area contributed by atoms with Crippen molar-refractivity contribution >= 4 is 11.6 Å². The Morgan fingerprint density at radius 2 is 1.58 bits per heavy atom. The van der Waals surface area contributed by atoms with Crippen molar-refractivity contribution in [3.8, 4) is 11.3 Å². The van der Waals surface area contributed by atoms with E-state index in [9.17, 15) is 13.6 Å². The molecule has 4 aliphatic carbocycles. The molecule has 3 aromatic rings. The predicted octanol–water partition coefficient (Wildman–Crippen LogP) is 5.06. The molecule has 4 bridgehead atoms. The lowest BCUT2D eigenvalue weighted by Crippen LogP contribution is -2.64. The smallest absolute Gasteiger partial charge is 0.280 e. The molecule has 0 unspecified atom stereocenters. The van der Waals surface area contributed by atoms with Crippen LogP contribution < -0.4 is 0 Å². The van der Waals surface area contributed by atoms with Crippen molar-refractivity contribution in [2.75, 3.05) is 26.2 Å². The van der Waals surface area contributed by atoms with E-state index in [0.29, 0.717) is 24.3 Å². The Morgan fingerprint density at radius 1 is 0.944 bits per heavy atom. The third-order valence-electron chi connectivity index (χ3n) is 9.27. The van der Waals surface area contributed by atoms with Crippen molar-refractivity contribution in [2.24, 2.45) is 17.8 Å². The first-order valence-electron chi connectivity index (χ1n) is 13.3. The Bertz CT molecular complexity index is 1260. The first-order valence-corrected chi connectivity index (χ1v) is 13.3. The number of alkyl halides is 2. The van der Waals surface area contributed by atoms with Crippen LogP contribution in [0, 0.1) is 17.8 Å². The fourth-order valence-corrected chi connectivity index (χ4v) is 8.06. The predicted molar refractivity (Wildman–Crippen MR) is 132 cm³/mol. The Labute approximate surface area is 209 Å². The van der Waals surface area contributed by atoms with Crippen LogP contribution in [0.5, 0.6) is 0 Å². The average Bonchev–Trinajstić information content (AvgIpc) is 3.31. The van der Waals surface area contributed by atoms with Gasteiger partial charge in [-0.3, -0.25) is 9.69 Å². The van der Waals surface area contributed by atoms with Crippen molar-refractivity contribution in [3.63, 3.8) is 0 Å². The van der Waals surface area contributed by atoms with E-state index in [4.69, 9.17) is 0 Å². The van der Waals surface area contributed by atoms with E-state index in [0.717, 1.165) is 40.9 Å². The second-order valence-corrected chi connectivity index (χ2v) is 11.4. The molecule has 0 radical (unpaired) electrons. The summed E-state index contributed by atoms with van der Waals surface area (Å²) in [5.41, 5.74) is 1.71. The highest BCUT2D eigenvalue weighted by atomic mass is 19.3. The number of nitrogens with zero attached hydrogens (tertiary/aromatic N) is 5. The number of carbonyl (C=O) groups excluding carboxylic acids is 1. The van der Waals surface area contributed by atoms with E-state index in [2.05, 4.69) is 15.0 Å². The molecule has 1 aromatic carbocycles. The minimum atomic E-state index is -2.73. The molecular weight excluding hydrogens is 460 g/mol. The van der Waals surface area contributed by atoms with E-state index in [1.165, 1.54) is 50.8 Å². The SMILES string of the molecule is O=C(c1cnn2c(C(F)F)cc(-c3ccccc3)nc12)N1CCN(C23CC4CC(CC(C4)C2)C3)CC1. The van der Waals surface area contributed by atoms with Gasteiger partial charge >= 0.3 is 0 Å². The quantitative estimate of drug-likeness (QED) is 0.512. The van der Waals surface area contributed by atoms with Gasteiger partial charge in [-0.05, 0) is 62.3 Å². The summed E-state index contributed by atoms with van der Waals surface area (Å²) in [6.45, 7) is 3.06. The largest absolute Gasteiger partial charge is 0.336 e. The maximum absolute atomic E-state index is 13.9. The molecule has 0 N–H and O–H groups in total. The molecule has 8 heteroatoms. The van der Waals surface area contributed by atoms with Crippen molar-refractivity contribution in [1.82, 2.24) is 24.4 Å². The van der Waals surface area contributed by atoms with Gasteiger partial charge in [-0.15, -0.1) is 0 Å². The number of aromatic nitrogens is 3. The summed E-state index contributed by atoms with van der Waals surface area (Å²) in [5.74, 6) is 2.50.